The van der Waals surface area contributed by atoms with Crippen LogP contribution in [0.2, 0.25) is 0 Å². The number of rotatable bonds is 2. The van der Waals surface area contributed by atoms with E-state index in [2.05, 4.69) is 24.3 Å². The van der Waals surface area contributed by atoms with Gasteiger partial charge < -0.3 is 0 Å². The van der Waals surface area contributed by atoms with Crippen molar-refractivity contribution in [3.63, 3.8) is 0 Å². The van der Waals surface area contributed by atoms with Gasteiger partial charge in [0.15, 0.2) is 12.6 Å². The third kappa shape index (κ3) is 1.71. The minimum absolute atomic E-state index is 0.722. The number of carbonyl (C=O) groups is 2. The van der Waals surface area contributed by atoms with Crippen LogP contribution in [0.4, 0.5) is 0 Å². The van der Waals surface area contributed by atoms with Crippen LogP contribution in [0.5, 0.6) is 0 Å². The summed E-state index contributed by atoms with van der Waals surface area (Å²) in [5, 5.41) is 8.82. The van der Waals surface area contributed by atoms with Crippen molar-refractivity contribution in [2.45, 2.75) is 13.8 Å². The molecule has 0 spiro atoms. The van der Waals surface area contributed by atoms with E-state index in [1.165, 1.54) is 0 Å². The van der Waals surface area contributed by atoms with Crippen LogP contribution < -0.4 is 0 Å². The largest absolute Gasteiger partial charge is 0.298 e. The van der Waals surface area contributed by atoms with Gasteiger partial charge in [-0.1, -0.05) is 48.5 Å². The molecular formula is C24H16O2. The molecule has 2 heteroatoms. The summed E-state index contributed by atoms with van der Waals surface area (Å²) in [5.41, 5.74) is 3.65. The standard InChI is InChI=1S/C24H16O2/c1-13-3-7-17-20-10-6-16(12-26)22-14(2)4-8-18(24(20)22)19-9-5-15(11-25)21(13)23(17)19/h3-12H,1-2H3. The van der Waals surface area contributed by atoms with Gasteiger partial charge in [-0.3, -0.25) is 9.59 Å². The predicted octanol–water partition coefficient (Wildman–Crippen LogP) is 5.98. The van der Waals surface area contributed by atoms with E-state index in [1.807, 2.05) is 38.1 Å². The SMILES string of the molecule is Cc1ccc2c3ccc(C=O)c4c(C)ccc(c5ccc(C=O)c1c25)c43. The number of aldehydes is 2. The summed E-state index contributed by atoms with van der Waals surface area (Å²) in [4.78, 5) is 23.3. The molecule has 0 aliphatic heterocycles. The minimum atomic E-state index is 0.722. The zero-order chi connectivity index (χ0) is 18.0. The third-order valence-corrected chi connectivity index (χ3v) is 5.64. The summed E-state index contributed by atoms with van der Waals surface area (Å²) in [7, 11) is 0. The van der Waals surface area contributed by atoms with Gasteiger partial charge in [0.05, 0.1) is 0 Å². The fraction of sp³-hybridized carbons (Fsp3) is 0.0833. The molecular weight excluding hydrogens is 320 g/mol. The molecule has 0 radical (unpaired) electrons. The Morgan fingerprint density at radius 1 is 0.500 bits per heavy atom. The van der Waals surface area contributed by atoms with Crippen LogP contribution in [0.3, 0.4) is 0 Å². The van der Waals surface area contributed by atoms with Crippen LogP contribution >= 0.6 is 0 Å². The Hall–Kier alpha value is -3.26. The quantitative estimate of drug-likeness (QED) is 0.226. The summed E-state index contributed by atoms with van der Waals surface area (Å²) < 4.78 is 0. The van der Waals surface area contributed by atoms with E-state index in [0.717, 1.165) is 77.9 Å². The lowest BCUT2D eigenvalue weighted by molar-refractivity contribution is 0.111. The summed E-state index contributed by atoms with van der Waals surface area (Å²) in [6, 6.07) is 16.3. The van der Waals surface area contributed by atoms with Crippen LogP contribution in [-0.4, -0.2) is 12.6 Å². The van der Waals surface area contributed by atoms with Gasteiger partial charge in [0.1, 0.15) is 0 Å². The molecule has 124 valence electrons. The fourth-order valence-corrected chi connectivity index (χ4v) is 4.49. The van der Waals surface area contributed by atoms with Crippen molar-refractivity contribution in [2.24, 2.45) is 0 Å². The second-order valence-corrected chi connectivity index (χ2v) is 7.00. The van der Waals surface area contributed by atoms with Crippen molar-refractivity contribution >= 4 is 55.7 Å². The average molecular weight is 336 g/mol. The van der Waals surface area contributed by atoms with Crippen LogP contribution in [0.1, 0.15) is 31.8 Å². The first kappa shape index (κ1) is 15.0. The summed E-state index contributed by atoms with van der Waals surface area (Å²) in [6.45, 7) is 4.09. The Balaban J connectivity index is 2.22. The molecule has 5 rings (SSSR count). The van der Waals surface area contributed by atoms with E-state index < -0.39 is 0 Å². The summed E-state index contributed by atoms with van der Waals surface area (Å²) in [5.74, 6) is 0. The Morgan fingerprint density at radius 3 is 1.19 bits per heavy atom. The lowest BCUT2D eigenvalue weighted by Crippen LogP contribution is -1.95. The van der Waals surface area contributed by atoms with Crippen molar-refractivity contribution in [2.75, 3.05) is 0 Å². The molecule has 0 fully saturated rings. The zero-order valence-electron chi connectivity index (χ0n) is 14.6. The summed E-state index contributed by atoms with van der Waals surface area (Å²) >= 11 is 0. The molecule has 5 aromatic rings. The molecule has 0 atom stereocenters. The number of carbonyl (C=O) groups excluding carboxylic acids is 2. The van der Waals surface area contributed by atoms with Gasteiger partial charge in [0, 0.05) is 11.1 Å². The Labute approximate surface area is 150 Å². The lowest BCUT2D eigenvalue weighted by atomic mass is 9.85. The van der Waals surface area contributed by atoms with E-state index in [-0.39, 0.29) is 0 Å². The van der Waals surface area contributed by atoms with E-state index in [1.54, 1.807) is 0 Å². The maximum atomic E-state index is 11.6. The Kier molecular flexibility index (Phi) is 2.96. The van der Waals surface area contributed by atoms with E-state index in [9.17, 15) is 9.59 Å². The highest BCUT2D eigenvalue weighted by Gasteiger charge is 2.17. The first-order valence-electron chi connectivity index (χ1n) is 8.69. The van der Waals surface area contributed by atoms with Gasteiger partial charge in [0.2, 0.25) is 0 Å². The number of benzene rings is 5. The smallest absolute Gasteiger partial charge is 0.150 e. The van der Waals surface area contributed by atoms with Crippen molar-refractivity contribution in [3.8, 4) is 0 Å². The molecule has 0 aromatic heterocycles. The molecule has 5 aromatic carbocycles. The normalized spacial score (nSPS) is 11.8. The Bertz CT molecular complexity index is 1250. The number of hydrogen-bond acceptors (Lipinski definition) is 2. The van der Waals surface area contributed by atoms with Crippen LogP contribution in [0.25, 0.3) is 43.1 Å². The molecule has 0 bridgehead atoms. The third-order valence-electron chi connectivity index (χ3n) is 5.64. The number of fused-ring (bicyclic) bond motifs is 2. The topological polar surface area (TPSA) is 34.1 Å². The van der Waals surface area contributed by atoms with Crippen molar-refractivity contribution < 1.29 is 9.59 Å². The molecule has 0 aliphatic rings. The first-order valence-corrected chi connectivity index (χ1v) is 8.69. The van der Waals surface area contributed by atoms with Gasteiger partial charge in [-0.15, -0.1) is 0 Å². The highest BCUT2D eigenvalue weighted by atomic mass is 16.1. The van der Waals surface area contributed by atoms with Gasteiger partial charge in [0.25, 0.3) is 0 Å². The van der Waals surface area contributed by atoms with E-state index in [4.69, 9.17) is 0 Å². The Morgan fingerprint density at radius 2 is 0.846 bits per heavy atom. The fourth-order valence-electron chi connectivity index (χ4n) is 4.49. The second kappa shape index (κ2) is 5.12. The van der Waals surface area contributed by atoms with Crippen LogP contribution in [-0.2, 0) is 0 Å². The van der Waals surface area contributed by atoms with Crippen LogP contribution in [0.15, 0.2) is 48.5 Å². The van der Waals surface area contributed by atoms with E-state index in [0.29, 0.717) is 0 Å². The monoisotopic (exact) mass is 336 g/mol. The highest BCUT2D eigenvalue weighted by molar-refractivity contribution is 6.35. The summed E-state index contributed by atoms with van der Waals surface area (Å²) in [6.07, 6.45) is 1.87. The molecule has 0 amide bonds. The maximum absolute atomic E-state index is 11.6. The molecule has 0 saturated heterocycles. The van der Waals surface area contributed by atoms with Crippen molar-refractivity contribution in [1.82, 2.24) is 0 Å². The van der Waals surface area contributed by atoms with Crippen molar-refractivity contribution in [3.05, 3.63) is 70.8 Å². The number of aryl methyl sites for hydroxylation is 2. The van der Waals surface area contributed by atoms with Gasteiger partial charge >= 0.3 is 0 Å². The second-order valence-electron chi connectivity index (χ2n) is 7.00. The predicted molar refractivity (Wildman–Crippen MR) is 108 cm³/mol. The highest BCUT2D eigenvalue weighted by Crippen LogP contribution is 2.43. The molecule has 2 nitrogen and oxygen atoms in total. The maximum Gasteiger partial charge on any atom is 0.150 e. The molecule has 0 unspecified atom stereocenters. The molecule has 0 heterocycles. The molecule has 26 heavy (non-hydrogen) atoms. The van der Waals surface area contributed by atoms with Gasteiger partial charge in [-0.2, -0.15) is 0 Å². The first-order chi connectivity index (χ1) is 12.7. The number of hydrogen-bond donors (Lipinski definition) is 0. The van der Waals surface area contributed by atoms with Gasteiger partial charge in [-0.05, 0) is 68.1 Å². The minimum Gasteiger partial charge on any atom is -0.298 e. The van der Waals surface area contributed by atoms with E-state index >= 15 is 0 Å². The molecule has 0 N–H and O–H groups in total. The zero-order valence-corrected chi connectivity index (χ0v) is 14.6. The van der Waals surface area contributed by atoms with Crippen LogP contribution in [0, 0.1) is 13.8 Å². The van der Waals surface area contributed by atoms with Crippen molar-refractivity contribution in [1.29, 1.82) is 0 Å². The van der Waals surface area contributed by atoms with Gasteiger partial charge in [-0.25, -0.2) is 0 Å². The lowest BCUT2D eigenvalue weighted by Gasteiger charge is -2.18. The average Bonchev–Trinajstić information content (AvgIpc) is 2.67. The molecule has 0 saturated carbocycles. The molecule has 0 aliphatic carbocycles.